The summed E-state index contributed by atoms with van der Waals surface area (Å²) >= 11 is 0. The lowest BCUT2D eigenvalue weighted by Gasteiger charge is -2.32. The standard InChI is InChI=1S/C25H25F3N6O2/c1-2-33-8-10-34(11-9-33)25-31-24(32-36-25)17-5-3-4-16(12-17)15-30-22(35)7-6-21(29)18-13-19(26)23(28)20(27)14-18/h3-7,12-14,29H,2,8-11,15H2,1H3,(H,30,35)/b7-6-,29-21?. The van der Waals surface area contributed by atoms with Crippen LogP contribution in [-0.2, 0) is 11.3 Å². The number of carbonyl (C=O) groups is 1. The van der Waals surface area contributed by atoms with Crippen LogP contribution in [0.4, 0.5) is 19.2 Å². The van der Waals surface area contributed by atoms with E-state index < -0.39 is 23.4 Å². The van der Waals surface area contributed by atoms with Gasteiger partial charge in [0.2, 0.25) is 11.7 Å². The van der Waals surface area contributed by atoms with Crippen molar-refractivity contribution in [2.24, 2.45) is 0 Å². The average molecular weight is 499 g/mol. The molecule has 0 aliphatic carbocycles. The zero-order chi connectivity index (χ0) is 25.7. The van der Waals surface area contributed by atoms with Gasteiger partial charge >= 0.3 is 6.01 Å². The number of halogens is 3. The Kier molecular flexibility index (Phi) is 7.79. The van der Waals surface area contributed by atoms with Crippen molar-refractivity contribution in [1.82, 2.24) is 20.4 Å². The number of nitrogens with one attached hydrogen (secondary N) is 2. The first-order valence-corrected chi connectivity index (χ1v) is 11.4. The van der Waals surface area contributed by atoms with E-state index in [1.54, 1.807) is 0 Å². The highest BCUT2D eigenvalue weighted by atomic mass is 19.2. The summed E-state index contributed by atoms with van der Waals surface area (Å²) < 4.78 is 45.2. The van der Waals surface area contributed by atoms with E-state index >= 15 is 0 Å². The van der Waals surface area contributed by atoms with Crippen molar-refractivity contribution in [3.05, 3.63) is 77.1 Å². The molecule has 0 spiro atoms. The lowest BCUT2D eigenvalue weighted by Crippen LogP contribution is -2.46. The Bertz CT molecular complexity index is 1260. The molecule has 1 amide bonds. The lowest BCUT2D eigenvalue weighted by atomic mass is 10.1. The van der Waals surface area contributed by atoms with Crippen molar-refractivity contribution in [3.8, 4) is 11.4 Å². The summed E-state index contributed by atoms with van der Waals surface area (Å²) in [4.78, 5) is 21.1. The Hall–Kier alpha value is -3.99. The van der Waals surface area contributed by atoms with Crippen molar-refractivity contribution < 1.29 is 22.5 Å². The summed E-state index contributed by atoms with van der Waals surface area (Å²) in [5, 5.41) is 14.6. The Labute approximate surface area is 205 Å². The molecule has 2 N–H and O–H groups in total. The van der Waals surface area contributed by atoms with Gasteiger partial charge in [-0.2, -0.15) is 4.98 Å². The minimum absolute atomic E-state index is 0.185. The highest BCUT2D eigenvalue weighted by Crippen LogP contribution is 2.22. The summed E-state index contributed by atoms with van der Waals surface area (Å²) in [5.74, 6) is -4.48. The van der Waals surface area contributed by atoms with Crippen LogP contribution in [0, 0.1) is 22.9 Å². The summed E-state index contributed by atoms with van der Waals surface area (Å²) in [6.07, 6.45) is 2.15. The lowest BCUT2D eigenvalue weighted by molar-refractivity contribution is -0.116. The van der Waals surface area contributed by atoms with Gasteiger partial charge in [-0.1, -0.05) is 30.3 Å². The molecule has 1 fully saturated rings. The molecule has 36 heavy (non-hydrogen) atoms. The molecule has 11 heteroatoms. The number of carbonyl (C=O) groups excluding carboxylic acids is 1. The van der Waals surface area contributed by atoms with Crippen molar-refractivity contribution in [2.75, 3.05) is 37.6 Å². The second-order valence-electron chi connectivity index (χ2n) is 8.24. The number of nitrogens with zero attached hydrogens (tertiary/aromatic N) is 4. The third-order valence-electron chi connectivity index (χ3n) is 5.85. The normalized spacial score (nSPS) is 14.4. The van der Waals surface area contributed by atoms with Gasteiger partial charge in [0.05, 0.1) is 5.71 Å². The molecule has 2 aromatic carbocycles. The minimum atomic E-state index is -1.61. The fraction of sp³-hybridized carbons (Fsp3) is 0.280. The molecule has 1 aliphatic rings. The molecule has 4 rings (SSSR count). The van der Waals surface area contributed by atoms with E-state index in [1.165, 1.54) is 0 Å². The second kappa shape index (κ2) is 11.2. The van der Waals surface area contributed by atoms with E-state index in [0.29, 0.717) is 24.0 Å². The highest BCUT2D eigenvalue weighted by Gasteiger charge is 2.21. The maximum absolute atomic E-state index is 13.4. The third kappa shape index (κ3) is 5.98. The molecule has 1 aromatic heterocycles. The molecule has 0 unspecified atom stereocenters. The van der Waals surface area contributed by atoms with Crippen molar-refractivity contribution in [2.45, 2.75) is 13.5 Å². The number of rotatable bonds is 8. The quantitative estimate of drug-likeness (QED) is 0.280. The van der Waals surface area contributed by atoms with E-state index in [4.69, 9.17) is 9.93 Å². The smallest absolute Gasteiger partial charge is 0.324 e. The first-order valence-electron chi connectivity index (χ1n) is 11.4. The van der Waals surface area contributed by atoms with Gasteiger partial charge in [-0.25, -0.2) is 13.2 Å². The fourth-order valence-electron chi connectivity index (χ4n) is 3.75. The maximum Gasteiger partial charge on any atom is 0.324 e. The largest absolute Gasteiger partial charge is 0.348 e. The van der Waals surface area contributed by atoms with Gasteiger partial charge in [-0.15, -0.1) is 0 Å². The van der Waals surface area contributed by atoms with Gasteiger partial charge in [0.15, 0.2) is 17.5 Å². The molecule has 1 saturated heterocycles. The number of piperazine rings is 1. The second-order valence-corrected chi connectivity index (χ2v) is 8.24. The molecule has 1 aliphatic heterocycles. The topological polar surface area (TPSA) is 98.3 Å². The first-order chi connectivity index (χ1) is 17.3. The van der Waals surface area contributed by atoms with Gasteiger partial charge < -0.3 is 25.0 Å². The summed E-state index contributed by atoms with van der Waals surface area (Å²) in [5.41, 5.74) is 1.00. The molecule has 3 aromatic rings. The fourth-order valence-corrected chi connectivity index (χ4v) is 3.75. The predicted octanol–water partition coefficient (Wildman–Crippen LogP) is 3.54. The highest BCUT2D eigenvalue weighted by molar-refractivity contribution is 6.09. The van der Waals surface area contributed by atoms with Crippen LogP contribution in [0.15, 0.2) is 53.1 Å². The Morgan fingerprint density at radius 3 is 2.53 bits per heavy atom. The van der Waals surface area contributed by atoms with Crippen LogP contribution in [0.25, 0.3) is 11.4 Å². The molecule has 2 heterocycles. The number of allylic oxidation sites excluding steroid dienone is 1. The van der Waals surface area contributed by atoms with Crippen LogP contribution >= 0.6 is 0 Å². The Morgan fingerprint density at radius 1 is 1.11 bits per heavy atom. The van der Waals surface area contributed by atoms with Crippen LogP contribution in [0.3, 0.4) is 0 Å². The predicted molar refractivity (Wildman–Crippen MR) is 128 cm³/mol. The third-order valence-corrected chi connectivity index (χ3v) is 5.85. The van der Waals surface area contributed by atoms with Gasteiger partial charge in [0.1, 0.15) is 0 Å². The number of amides is 1. The molecule has 0 atom stereocenters. The molecular weight excluding hydrogens is 473 g/mol. The van der Waals surface area contributed by atoms with Crippen molar-refractivity contribution in [3.63, 3.8) is 0 Å². The van der Waals surface area contributed by atoms with Crippen molar-refractivity contribution in [1.29, 1.82) is 5.41 Å². The maximum atomic E-state index is 13.4. The van der Waals surface area contributed by atoms with Gasteiger partial charge in [0, 0.05) is 49.9 Å². The van der Waals surface area contributed by atoms with E-state index in [-0.39, 0.29) is 17.8 Å². The van der Waals surface area contributed by atoms with Gasteiger partial charge in [-0.3, -0.25) is 4.79 Å². The molecule has 0 bridgehead atoms. The molecular formula is C25H25F3N6O2. The Balaban J connectivity index is 1.33. The number of benzene rings is 2. The zero-order valence-electron chi connectivity index (χ0n) is 19.6. The SMILES string of the molecule is CCN1CCN(c2nc(-c3cccc(CNC(=O)/C=C\C(=N)c4cc(F)c(F)c(F)c4)c3)no2)CC1. The van der Waals surface area contributed by atoms with Crippen LogP contribution in [-0.4, -0.2) is 59.4 Å². The van der Waals surface area contributed by atoms with Gasteiger partial charge in [0.25, 0.3) is 0 Å². The molecule has 0 saturated carbocycles. The Morgan fingerprint density at radius 2 is 1.83 bits per heavy atom. The van der Waals surface area contributed by atoms with E-state index in [0.717, 1.165) is 56.0 Å². The first kappa shape index (κ1) is 25.1. The van der Waals surface area contributed by atoms with Crippen LogP contribution in [0.5, 0.6) is 0 Å². The van der Waals surface area contributed by atoms with Gasteiger partial charge in [-0.05, 0) is 36.4 Å². The monoisotopic (exact) mass is 498 g/mol. The van der Waals surface area contributed by atoms with Crippen LogP contribution < -0.4 is 10.2 Å². The zero-order valence-corrected chi connectivity index (χ0v) is 19.6. The van der Waals surface area contributed by atoms with E-state index in [9.17, 15) is 18.0 Å². The molecule has 0 radical (unpaired) electrons. The summed E-state index contributed by atoms with van der Waals surface area (Å²) in [6, 6.07) is 9.19. The minimum Gasteiger partial charge on any atom is -0.348 e. The number of hydrogen-bond acceptors (Lipinski definition) is 7. The van der Waals surface area contributed by atoms with E-state index in [2.05, 4.69) is 32.2 Å². The van der Waals surface area contributed by atoms with Crippen LogP contribution in [0.1, 0.15) is 18.1 Å². The summed E-state index contributed by atoms with van der Waals surface area (Å²) in [7, 11) is 0. The number of anilines is 1. The van der Waals surface area contributed by atoms with Crippen molar-refractivity contribution >= 4 is 17.6 Å². The molecule has 188 valence electrons. The number of hydrogen-bond donors (Lipinski definition) is 2. The number of aromatic nitrogens is 2. The average Bonchev–Trinajstić information content (AvgIpc) is 3.39. The summed E-state index contributed by atoms with van der Waals surface area (Å²) in [6.45, 7) is 6.85. The van der Waals surface area contributed by atoms with E-state index in [1.807, 2.05) is 24.3 Å². The molecule has 8 nitrogen and oxygen atoms in total. The van der Waals surface area contributed by atoms with Crippen LogP contribution in [0.2, 0.25) is 0 Å². The number of likely N-dealkylation sites (N-methyl/N-ethyl adjacent to an activating group) is 1.